The zero-order valence-electron chi connectivity index (χ0n) is 16.3. The van der Waals surface area contributed by atoms with Crippen molar-refractivity contribution in [1.29, 1.82) is 0 Å². The predicted molar refractivity (Wildman–Crippen MR) is 104 cm³/mol. The summed E-state index contributed by atoms with van der Waals surface area (Å²) in [6.07, 6.45) is 14.7. The molecule has 0 amide bonds. The highest BCUT2D eigenvalue weighted by atomic mass is 16.3. The van der Waals surface area contributed by atoms with Crippen molar-refractivity contribution in [3.05, 3.63) is 29.2 Å². The quantitative estimate of drug-likeness (QED) is 0.424. The second kappa shape index (κ2) is 6.06. The van der Waals surface area contributed by atoms with E-state index in [1.54, 1.807) is 5.57 Å². The van der Waals surface area contributed by atoms with Gasteiger partial charge in [0.1, 0.15) is 0 Å². The third-order valence-corrected chi connectivity index (χ3v) is 9.31. The molecule has 0 heterocycles. The van der Waals surface area contributed by atoms with Crippen LogP contribution in [0.15, 0.2) is 29.5 Å². The number of nitrogens with zero attached hydrogens (tertiary/aromatic N) is 1. The zero-order chi connectivity index (χ0) is 17.8. The molecule has 2 nitrogen and oxygen atoms in total. The molecule has 138 valence electrons. The second-order valence-electron chi connectivity index (χ2n) is 10.1. The molecule has 4 aliphatic rings. The van der Waals surface area contributed by atoms with E-state index in [1.165, 1.54) is 38.5 Å². The molecule has 0 saturated heterocycles. The van der Waals surface area contributed by atoms with Crippen LogP contribution in [0.1, 0.15) is 72.1 Å². The lowest BCUT2D eigenvalue weighted by Gasteiger charge is -2.58. The Morgan fingerprint density at radius 3 is 2.72 bits per heavy atom. The highest BCUT2D eigenvalue weighted by Gasteiger charge is 2.59. The smallest absolute Gasteiger partial charge is 0.0957 e. The third-order valence-electron chi connectivity index (χ3n) is 9.31. The summed E-state index contributed by atoms with van der Waals surface area (Å²) in [5.41, 5.74) is 2.42. The summed E-state index contributed by atoms with van der Waals surface area (Å²) in [7, 11) is 0. The van der Waals surface area contributed by atoms with Crippen molar-refractivity contribution >= 4 is 0 Å². The molecular formula is C23H35NO. The first-order valence-electron chi connectivity index (χ1n) is 10.6. The molecule has 0 aromatic heterocycles. The van der Waals surface area contributed by atoms with Crippen LogP contribution in [0.2, 0.25) is 0 Å². The zero-order valence-corrected chi connectivity index (χ0v) is 16.3. The van der Waals surface area contributed by atoms with E-state index in [0.717, 1.165) is 36.5 Å². The van der Waals surface area contributed by atoms with Gasteiger partial charge in [-0.25, -0.2) is 0 Å². The number of fused-ring (bicyclic) bond motifs is 5. The molecule has 4 aliphatic carbocycles. The first-order valence-corrected chi connectivity index (χ1v) is 10.6. The van der Waals surface area contributed by atoms with E-state index < -0.39 is 0 Å². The van der Waals surface area contributed by atoms with Gasteiger partial charge in [-0.3, -0.25) is 0 Å². The van der Waals surface area contributed by atoms with Crippen LogP contribution in [0.25, 0.3) is 0 Å². The van der Waals surface area contributed by atoms with Crippen LogP contribution in [-0.4, -0.2) is 6.04 Å². The number of nitroso groups, excluding NO2 is 1. The summed E-state index contributed by atoms with van der Waals surface area (Å²) in [6.45, 7) is 11.6. The van der Waals surface area contributed by atoms with Gasteiger partial charge in [-0.1, -0.05) is 43.7 Å². The maximum absolute atomic E-state index is 11.1. The number of hydrogen-bond acceptors (Lipinski definition) is 2. The van der Waals surface area contributed by atoms with Gasteiger partial charge in [0.15, 0.2) is 0 Å². The van der Waals surface area contributed by atoms with Crippen molar-refractivity contribution in [2.24, 2.45) is 45.6 Å². The molecule has 25 heavy (non-hydrogen) atoms. The van der Waals surface area contributed by atoms with Gasteiger partial charge in [-0.15, -0.1) is 6.58 Å². The molecule has 5 unspecified atom stereocenters. The van der Waals surface area contributed by atoms with E-state index in [4.69, 9.17) is 0 Å². The number of allylic oxidation sites excluding steroid dienone is 2. The van der Waals surface area contributed by atoms with Crippen molar-refractivity contribution in [2.75, 3.05) is 0 Å². The van der Waals surface area contributed by atoms with Gasteiger partial charge in [0.2, 0.25) is 0 Å². The summed E-state index contributed by atoms with van der Waals surface area (Å²) in [5.74, 6) is 4.04. The molecular weight excluding hydrogens is 306 g/mol. The van der Waals surface area contributed by atoms with Crippen LogP contribution in [0.5, 0.6) is 0 Å². The van der Waals surface area contributed by atoms with Crippen LogP contribution in [0.3, 0.4) is 0 Å². The Kier molecular flexibility index (Phi) is 4.24. The molecule has 0 aromatic carbocycles. The molecule has 0 spiro atoms. The lowest BCUT2D eigenvalue weighted by molar-refractivity contribution is -0.0470. The Labute approximate surface area is 153 Å². The fourth-order valence-electron chi connectivity index (χ4n) is 7.80. The summed E-state index contributed by atoms with van der Waals surface area (Å²) in [6, 6.07) is 0.0361. The monoisotopic (exact) mass is 341 g/mol. The van der Waals surface area contributed by atoms with Gasteiger partial charge in [-0.2, -0.15) is 4.91 Å². The van der Waals surface area contributed by atoms with Gasteiger partial charge in [-0.05, 0) is 91.8 Å². The Morgan fingerprint density at radius 2 is 2.00 bits per heavy atom. The average Bonchev–Trinajstić information content (AvgIpc) is 2.97. The van der Waals surface area contributed by atoms with E-state index in [9.17, 15) is 4.91 Å². The standard InChI is InChI=1S/C23H35NO/c1-5-15(2)19-8-9-20-18-7-6-16-14-17(24-25)10-12-22(16,3)21(18)11-13-23(19,20)4/h5-6,15,17-21H,1,7-14H2,2-4H3/t15-,17+,18?,19-,20?,21?,22?,23?/m1/s1. The van der Waals surface area contributed by atoms with Crippen LogP contribution >= 0.6 is 0 Å². The van der Waals surface area contributed by atoms with E-state index in [1.807, 2.05) is 0 Å². The van der Waals surface area contributed by atoms with Crippen molar-refractivity contribution in [2.45, 2.75) is 78.2 Å². The fraction of sp³-hybridized carbons (Fsp3) is 0.826. The van der Waals surface area contributed by atoms with Crippen molar-refractivity contribution in [3.63, 3.8) is 0 Å². The molecule has 0 radical (unpaired) electrons. The normalized spacial score (nSPS) is 50.0. The minimum atomic E-state index is 0.0361. The molecule has 8 atom stereocenters. The van der Waals surface area contributed by atoms with Crippen molar-refractivity contribution in [1.82, 2.24) is 0 Å². The predicted octanol–water partition coefficient (Wildman–Crippen LogP) is 6.52. The van der Waals surface area contributed by atoms with Gasteiger partial charge in [0, 0.05) is 0 Å². The number of hydrogen-bond donors (Lipinski definition) is 0. The largest absolute Gasteiger partial charge is 0.151 e. The maximum Gasteiger partial charge on any atom is 0.0957 e. The Hall–Kier alpha value is -0.920. The van der Waals surface area contributed by atoms with E-state index in [2.05, 4.69) is 44.7 Å². The first-order chi connectivity index (χ1) is 11.9. The lowest BCUT2D eigenvalue weighted by Crippen LogP contribution is -2.50. The SMILES string of the molecule is C=C[C@@H](C)[C@H]1CCC2C3CC=C4C[C@@H](N=O)CCC4(C)C3CCC21C. The summed E-state index contributed by atoms with van der Waals surface area (Å²) in [5, 5.41) is 3.38. The van der Waals surface area contributed by atoms with Crippen LogP contribution in [0.4, 0.5) is 0 Å². The van der Waals surface area contributed by atoms with Crippen molar-refractivity contribution < 1.29 is 0 Å². The van der Waals surface area contributed by atoms with Crippen LogP contribution < -0.4 is 0 Å². The minimum Gasteiger partial charge on any atom is -0.151 e. The van der Waals surface area contributed by atoms with Crippen LogP contribution in [-0.2, 0) is 0 Å². The van der Waals surface area contributed by atoms with Crippen LogP contribution in [0, 0.1) is 45.3 Å². The Morgan fingerprint density at radius 1 is 1.20 bits per heavy atom. The highest BCUT2D eigenvalue weighted by Crippen LogP contribution is 2.67. The maximum atomic E-state index is 11.1. The molecule has 3 saturated carbocycles. The molecule has 0 bridgehead atoms. The number of rotatable bonds is 3. The average molecular weight is 342 g/mol. The van der Waals surface area contributed by atoms with Gasteiger partial charge < -0.3 is 0 Å². The fourth-order valence-corrected chi connectivity index (χ4v) is 7.80. The van der Waals surface area contributed by atoms with E-state index in [0.29, 0.717) is 16.7 Å². The summed E-state index contributed by atoms with van der Waals surface area (Å²) in [4.78, 5) is 11.1. The van der Waals surface area contributed by atoms with E-state index in [-0.39, 0.29) is 6.04 Å². The Balaban J connectivity index is 1.63. The molecule has 3 fully saturated rings. The van der Waals surface area contributed by atoms with Gasteiger partial charge in [0.05, 0.1) is 6.04 Å². The van der Waals surface area contributed by atoms with Crippen molar-refractivity contribution in [3.8, 4) is 0 Å². The molecule has 0 aromatic rings. The molecule has 0 aliphatic heterocycles. The topological polar surface area (TPSA) is 29.4 Å². The van der Waals surface area contributed by atoms with Gasteiger partial charge in [0.25, 0.3) is 0 Å². The molecule has 2 heteroatoms. The third kappa shape index (κ3) is 2.42. The van der Waals surface area contributed by atoms with Gasteiger partial charge >= 0.3 is 0 Å². The molecule has 4 rings (SSSR count). The highest BCUT2D eigenvalue weighted by molar-refractivity contribution is 5.26. The molecule has 0 N–H and O–H groups in total. The lowest BCUT2D eigenvalue weighted by atomic mass is 9.47. The second-order valence-corrected chi connectivity index (χ2v) is 10.1. The van der Waals surface area contributed by atoms with E-state index >= 15 is 0 Å². The Bertz CT molecular complexity index is 595. The first kappa shape index (κ1) is 17.5. The minimum absolute atomic E-state index is 0.0361. The summed E-state index contributed by atoms with van der Waals surface area (Å²) < 4.78 is 0. The summed E-state index contributed by atoms with van der Waals surface area (Å²) >= 11 is 0.